The van der Waals surface area contributed by atoms with E-state index in [1.165, 1.54) is 12.3 Å². The van der Waals surface area contributed by atoms with Crippen molar-refractivity contribution in [3.63, 3.8) is 0 Å². The van der Waals surface area contributed by atoms with Crippen LogP contribution in [0.1, 0.15) is 31.8 Å². The molecular weight excluding hydrogens is 397 g/mol. The summed E-state index contributed by atoms with van der Waals surface area (Å²) in [6.07, 6.45) is 1.50. The van der Waals surface area contributed by atoms with Crippen molar-refractivity contribution in [1.82, 2.24) is 4.98 Å². The van der Waals surface area contributed by atoms with Gasteiger partial charge < -0.3 is 11.1 Å². The Bertz CT molecular complexity index is 1000. The zero-order valence-corrected chi connectivity index (χ0v) is 16.3. The first-order valence-electron chi connectivity index (χ1n) is 8.50. The smallest absolute Gasteiger partial charge is 0.257 e. The fraction of sp³-hybridized carbons (Fsp3) is 0.0952. The molecule has 1 amide bonds. The third-order valence-corrected chi connectivity index (χ3v) is 4.61. The number of nitrogens with zero attached hydrogens (tertiary/aromatic N) is 1. The van der Waals surface area contributed by atoms with Crippen molar-refractivity contribution >= 4 is 40.7 Å². The Balaban J connectivity index is 1.82. The zero-order valence-electron chi connectivity index (χ0n) is 14.8. The van der Waals surface area contributed by atoms with Gasteiger partial charge in [-0.25, -0.2) is 4.98 Å². The molecule has 2 aromatic carbocycles. The summed E-state index contributed by atoms with van der Waals surface area (Å²) >= 11 is 11.9. The highest BCUT2D eigenvalue weighted by atomic mass is 35.5. The summed E-state index contributed by atoms with van der Waals surface area (Å²) in [5, 5.41) is 3.55. The molecule has 0 fully saturated rings. The average molecular weight is 414 g/mol. The van der Waals surface area contributed by atoms with E-state index in [0.717, 1.165) is 5.56 Å². The third kappa shape index (κ3) is 4.95. The van der Waals surface area contributed by atoms with E-state index in [0.29, 0.717) is 39.1 Å². The van der Waals surface area contributed by atoms with Crippen molar-refractivity contribution in [2.45, 2.75) is 13.0 Å². The summed E-state index contributed by atoms with van der Waals surface area (Å²) in [4.78, 5) is 29.4. The highest BCUT2D eigenvalue weighted by Gasteiger charge is 2.16. The summed E-state index contributed by atoms with van der Waals surface area (Å²) in [5.74, 6) is -0.160. The Morgan fingerprint density at radius 2 is 1.68 bits per heavy atom. The molecule has 7 heteroatoms. The number of pyridine rings is 1. The van der Waals surface area contributed by atoms with Crippen LogP contribution in [0.3, 0.4) is 0 Å². The van der Waals surface area contributed by atoms with E-state index in [1.807, 2.05) is 12.1 Å². The highest BCUT2D eigenvalue weighted by Crippen LogP contribution is 2.20. The Hall–Kier alpha value is -2.73. The van der Waals surface area contributed by atoms with E-state index in [-0.39, 0.29) is 12.2 Å². The van der Waals surface area contributed by atoms with E-state index in [1.54, 1.807) is 36.4 Å². The van der Waals surface area contributed by atoms with Crippen LogP contribution < -0.4 is 11.1 Å². The first-order valence-corrected chi connectivity index (χ1v) is 9.25. The normalized spacial score (nSPS) is 10.5. The van der Waals surface area contributed by atoms with Gasteiger partial charge >= 0.3 is 0 Å². The maximum atomic E-state index is 12.7. The molecule has 0 aliphatic carbocycles. The van der Waals surface area contributed by atoms with Gasteiger partial charge in [-0.3, -0.25) is 9.59 Å². The van der Waals surface area contributed by atoms with Crippen molar-refractivity contribution in [2.24, 2.45) is 5.73 Å². The number of nitrogens with one attached hydrogen (secondary N) is 1. The fourth-order valence-corrected chi connectivity index (χ4v) is 2.93. The van der Waals surface area contributed by atoms with Crippen LogP contribution in [0.5, 0.6) is 0 Å². The number of carbonyl (C=O) groups is 2. The zero-order chi connectivity index (χ0) is 20.1. The molecule has 3 aromatic rings. The maximum Gasteiger partial charge on any atom is 0.257 e. The Kier molecular flexibility index (Phi) is 6.41. The van der Waals surface area contributed by atoms with Crippen LogP contribution in [0.4, 0.5) is 5.82 Å². The number of nitrogens with two attached hydrogens (primary N) is 1. The topological polar surface area (TPSA) is 85.1 Å². The minimum Gasteiger partial charge on any atom is -0.326 e. The van der Waals surface area contributed by atoms with Gasteiger partial charge in [0.25, 0.3) is 5.91 Å². The second-order valence-corrected chi connectivity index (χ2v) is 6.99. The number of hydrogen-bond donors (Lipinski definition) is 2. The summed E-state index contributed by atoms with van der Waals surface area (Å²) in [6, 6.07) is 15.2. The van der Waals surface area contributed by atoms with E-state index in [2.05, 4.69) is 10.3 Å². The van der Waals surface area contributed by atoms with E-state index in [9.17, 15) is 9.59 Å². The molecule has 0 unspecified atom stereocenters. The lowest BCUT2D eigenvalue weighted by molar-refractivity contribution is 0.0992. The maximum absolute atomic E-state index is 12.7. The van der Waals surface area contributed by atoms with Gasteiger partial charge in [0, 0.05) is 35.3 Å². The van der Waals surface area contributed by atoms with Crippen molar-refractivity contribution in [3.8, 4) is 0 Å². The summed E-state index contributed by atoms with van der Waals surface area (Å²) in [5.41, 5.74) is 7.97. The van der Waals surface area contributed by atoms with Gasteiger partial charge in [-0.2, -0.15) is 0 Å². The first kappa shape index (κ1) is 20.0. The molecule has 3 N–H and O–H groups in total. The molecule has 0 radical (unpaired) electrons. The molecule has 0 saturated carbocycles. The first-order chi connectivity index (χ1) is 13.5. The quantitative estimate of drug-likeness (QED) is 0.581. The number of amides is 1. The standard InChI is InChI=1S/C21H17Cl2N3O2/c22-16-6-5-15(9-19(27)14-3-1-13(11-24)2-4-14)18(10-16)21(28)26-20-8-7-17(23)12-25-20/h1-8,10,12H,9,11,24H2,(H,25,26,28). The molecule has 142 valence electrons. The molecule has 28 heavy (non-hydrogen) atoms. The number of benzene rings is 2. The monoisotopic (exact) mass is 413 g/mol. The average Bonchev–Trinajstić information content (AvgIpc) is 2.71. The van der Waals surface area contributed by atoms with E-state index < -0.39 is 5.91 Å². The molecule has 0 bridgehead atoms. The molecule has 1 aromatic heterocycles. The third-order valence-electron chi connectivity index (χ3n) is 4.15. The highest BCUT2D eigenvalue weighted by molar-refractivity contribution is 6.31. The second-order valence-electron chi connectivity index (χ2n) is 6.12. The van der Waals surface area contributed by atoms with Crippen LogP contribution in [0, 0.1) is 0 Å². The number of ketones is 1. The Morgan fingerprint density at radius 3 is 2.32 bits per heavy atom. The van der Waals surface area contributed by atoms with Crippen LogP contribution in [-0.2, 0) is 13.0 Å². The van der Waals surface area contributed by atoms with Crippen LogP contribution in [0.2, 0.25) is 10.0 Å². The second kappa shape index (κ2) is 8.97. The minimum atomic E-state index is -0.404. The molecule has 0 saturated heterocycles. The predicted molar refractivity (Wildman–Crippen MR) is 111 cm³/mol. The number of halogens is 2. The van der Waals surface area contributed by atoms with E-state index >= 15 is 0 Å². The van der Waals surface area contributed by atoms with Crippen molar-refractivity contribution < 1.29 is 9.59 Å². The number of Topliss-reactive ketones (excluding diaryl/α,β-unsaturated/α-hetero) is 1. The number of aromatic nitrogens is 1. The summed E-state index contributed by atoms with van der Waals surface area (Å²) in [6.45, 7) is 0.411. The lowest BCUT2D eigenvalue weighted by Gasteiger charge is -2.11. The number of hydrogen-bond acceptors (Lipinski definition) is 4. The molecule has 0 aliphatic heterocycles. The lowest BCUT2D eigenvalue weighted by atomic mass is 9.97. The van der Waals surface area contributed by atoms with Crippen molar-refractivity contribution in [1.29, 1.82) is 0 Å². The van der Waals surface area contributed by atoms with Crippen LogP contribution in [0.25, 0.3) is 0 Å². The molecule has 3 rings (SSSR count). The predicted octanol–water partition coefficient (Wildman–Crippen LogP) is 4.52. The molecule has 0 spiro atoms. The lowest BCUT2D eigenvalue weighted by Crippen LogP contribution is -2.17. The number of carbonyl (C=O) groups excluding carboxylic acids is 2. The van der Waals surface area contributed by atoms with Crippen molar-refractivity contribution in [3.05, 3.63) is 93.1 Å². The molecule has 0 aliphatic rings. The Morgan fingerprint density at radius 1 is 0.964 bits per heavy atom. The number of anilines is 1. The van der Waals surface area contributed by atoms with Gasteiger partial charge in [-0.05, 0) is 35.4 Å². The van der Waals surface area contributed by atoms with Gasteiger partial charge in [-0.15, -0.1) is 0 Å². The molecule has 0 atom stereocenters. The van der Waals surface area contributed by atoms with Crippen molar-refractivity contribution in [2.75, 3.05) is 5.32 Å². The van der Waals surface area contributed by atoms with Gasteiger partial charge in [0.1, 0.15) is 5.82 Å². The van der Waals surface area contributed by atoms with Gasteiger partial charge in [0.15, 0.2) is 5.78 Å². The largest absolute Gasteiger partial charge is 0.326 e. The molecule has 1 heterocycles. The fourth-order valence-electron chi connectivity index (χ4n) is 2.65. The van der Waals surface area contributed by atoms with Gasteiger partial charge in [-0.1, -0.05) is 53.5 Å². The van der Waals surface area contributed by atoms with E-state index in [4.69, 9.17) is 28.9 Å². The van der Waals surface area contributed by atoms with Crippen LogP contribution >= 0.6 is 23.2 Å². The van der Waals surface area contributed by atoms with Gasteiger partial charge in [0.05, 0.1) is 5.02 Å². The van der Waals surface area contributed by atoms with Crippen LogP contribution in [-0.4, -0.2) is 16.7 Å². The molecule has 5 nitrogen and oxygen atoms in total. The summed E-state index contributed by atoms with van der Waals surface area (Å²) < 4.78 is 0. The van der Waals surface area contributed by atoms with Crippen LogP contribution in [0.15, 0.2) is 60.8 Å². The Labute approximate surface area is 172 Å². The number of rotatable bonds is 6. The SMILES string of the molecule is NCc1ccc(C(=O)Cc2ccc(Cl)cc2C(=O)Nc2ccc(Cl)cn2)cc1. The molecular formula is C21H17Cl2N3O2. The van der Waals surface area contributed by atoms with Gasteiger partial charge in [0.2, 0.25) is 0 Å². The summed E-state index contributed by atoms with van der Waals surface area (Å²) in [7, 11) is 0. The minimum absolute atomic E-state index is 0.0654.